The van der Waals surface area contributed by atoms with Crippen LogP contribution < -0.4 is 15.0 Å². The van der Waals surface area contributed by atoms with E-state index in [9.17, 15) is 28.0 Å². The first kappa shape index (κ1) is 26.8. The highest BCUT2D eigenvalue weighted by Gasteiger charge is 2.49. The number of β-lactam (4-membered cyclic amide) rings is 1. The number of hydrogen-bond donors (Lipinski definition) is 2. The molecule has 1 aliphatic heterocycles. The largest absolute Gasteiger partial charge is 0.484 e. The van der Waals surface area contributed by atoms with Crippen LogP contribution in [0.15, 0.2) is 72.8 Å². The molecule has 1 saturated heterocycles. The van der Waals surface area contributed by atoms with Gasteiger partial charge in [-0.1, -0.05) is 12.1 Å². The van der Waals surface area contributed by atoms with Gasteiger partial charge in [-0.3, -0.25) is 19.2 Å². The van der Waals surface area contributed by atoms with Crippen LogP contribution >= 0.6 is 11.8 Å². The zero-order chi connectivity index (χ0) is 27.2. The maximum absolute atomic E-state index is 13.5. The fourth-order valence-corrected chi connectivity index (χ4v) is 5.07. The quantitative estimate of drug-likeness (QED) is 0.282. The lowest BCUT2D eigenvalue weighted by Gasteiger charge is -2.47. The van der Waals surface area contributed by atoms with Crippen LogP contribution in [0, 0.1) is 11.6 Å². The van der Waals surface area contributed by atoms with Gasteiger partial charge in [0.1, 0.15) is 29.2 Å². The van der Waals surface area contributed by atoms with Gasteiger partial charge in [0.15, 0.2) is 12.4 Å². The van der Waals surface area contributed by atoms with Crippen molar-refractivity contribution in [1.29, 1.82) is 0 Å². The van der Waals surface area contributed by atoms with Crippen LogP contribution in [0.4, 0.5) is 14.5 Å². The van der Waals surface area contributed by atoms with Crippen molar-refractivity contribution < 1.29 is 37.8 Å². The third kappa shape index (κ3) is 6.35. The normalized spacial score (nSPS) is 16.5. The predicted molar refractivity (Wildman–Crippen MR) is 136 cm³/mol. The molecule has 1 heterocycles. The zero-order valence-electron chi connectivity index (χ0n) is 19.8. The van der Waals surface area contributed by atoms with E-state index in [-0.39, 0.29) is 24.1 Å². The molecule has 0 radical (unpaired) electrons. The second kappa shape index (κ2) is 11.9. The molecule has 1 fully saturated rings. The number of carboxylic acids is 1. The van der Waals surface area contributed by atoms with Crippen molar-refractivity contribution in [2.24, 2.45) is 0 Å². The van der Waals surface area contributed by atoms with E-state index in [4.69, 9.17) is 9.84 Å². The van der Waals surface area contributed by atoms with Gasteiger partial charge in [-0.25, -0.2) is 8.78 Å². The monoisotopic (exact) mass is 540 g/mol. The van der Waals surface area contributed by atoms with Crippen molar-refractivity contribution in [3.8, 4) is 5.75 Å². The second-order valence-corrected chi connectivity index (χ2v) is 9.45. The summed E-state index contributed by atoms with van der Waals surface area (Å²) in [5.74, 6) is -2.78. The van der Waals surface area contributed by atoms with Gasteiger partial charge in [0, 0.05) is 11.3 Å². The summed E-state index contributed by atoms with van der Waals surface area (Å²) in [6, 6.07) is 16.9. The first-order valence-electron chi connectivity index (χ1n) is 11.4. The van der Waals surface area contributed by atoms with Crippen LogP contribution in [0.3, 0.4) is 0 Å². The average molecular weight is 541 g/mol. The number of anilines is 1. The van der Waals surface area contributed by atoms with Crippen molar-refractivity contribution in [1.82, 2.24) is 5.32 Å². The molecule has 1 unspecified atom stereocenters. The summed E-state index contributed by atoms with van der Waals surface area (Å²) in [6.45, 7) is -0.890. The van der Waals surface area contributed by atoms with E-state index in [0.29, 0.717) is 17.0 Å². The highest BCUT2D eigenvalue weighted by atomic mass is 32.2. The van der Waals surface area contributed by atoms with E-state index >= 15 is 0 Å². The molecule has 1 aliphatic rings. The van der Waals surface area contributed by atoms with Crippen molar-refractivity contribution in [2.75, 3.05) is 23.8 Å². The smallest absolute Gasteiger partial charge is 0.322 e. The Morgan fingerprint density at radius 3 is 2.13 bits per heavy atom. The molecule has 3 aromatic carbocycles. The Kier molecular flexibility index (Phi) is 8.37. The topological polar surface area (TPSA) is 113 Å². The number of nitrogens with one attached hydrogen (secondary N) is 1. The first-order valence-corrected chi connectivity index (χ1v) is 12.5. The molecular weight excluding hydrogens is 518 g/mol. The van der Waals surface area contributed by atoms with Gasteiger partial charge in [0.25, 0.3) is 5.91 Å². The summed E-state index contributed by atoms with van der Waals surface area (Å²) in [4.78, 5) is 49.5. The number of thioether (sulfide) groups is 1. The number of Topliss-reactive ketones (excluding diaryl/α,β-unsaturated/α-hetero) is 1. The standard InChI is InChI=1S/C27H22F2N2O6S/c28-18-5-1-16(2-6-18)22(32)15-38-26-25(31(27(26)36)20-9-7-19(29)8-10-20)17-3-11-21(12-4-17)37-14-23(33)30-13-24(34)35/h1-12,25-26H,13-15H2,(H,30,33)(H,34,35)/t25-,26?/m1/s1. The van der Waals surface area contributed by atoms with Gasteiger partial charge in [0.05, 0.1) is 11.8 Å². The molecule has 0 aromatic heterocycles. The Balaban J connectivity index is 1.47. The van der Waals surface area contributed by atoms with E-state index in [0.717, 1.165) is 5.56 Å². The number of ketones is 1. The predicted octanol–water partition coefficient (Wildman–Crippen LogP) is 3.62. The van der Waals surface area contributed by atoms with E-state index in [1.54, 1.807) is 24.3 Å². The number of carboxylic acid groups (broad SMARTS) is 1. The number of rotatable bonds is 11. The molecule has 0 bridgehead atoms. The average Bonchev–Trinajstić information content (AvgIpc) is 2.91. The molecule has 0 spiro atoms. The lowest BCUT2D eigenvalue weighted by Crippen LogP contribution is -2.57. The zero-order valence-corrected chi connectivity index (χ0v) is 20.6. The summed E-state index contributed by atoms with van der Waals surface area (Å²) in [7, 11) is 0. The van der Waals surface area contributed by atoms with E-state index < -0.39 is 41.3 Å². The van der Waals surface area contributed by atoms with Gasteiger partial charge < -0.3 is 20.1 Å². The molecule has 196 valence electrons. The van der Waals surface area contributed by atoms with Gasteiger partial charge in [-0.2, -0.15) is 0 Å². The van der Waals surface area contributed by atoms with Gasteiger partial charge in [-0.15, -0.1) is 11.8 Å². The van der Waals surface area contributed by atoms with Gasteiger partial charge >= 0.3 is 5.97 Å². The number of nitrogens with zero attached hydrogens (tertiary/aromatic N) is 1. The molecule has 8 nitrogen and oxygen atoms in total. The minimum atomic E-state index is -1.17. The number of carbonyl (C=O) groups excluding carboxylic acids is 3. The van der Waals surface area contributed by atoms with E-state index in [1.807, 2.05) is 0 Å². The first-order chi connectivity index (χ1) is 18.2. The van der Waals surface area contributed by atoms with Crippen LogP contribution in [0.1, 0.15) is 22.0 Å². The lowest BCUT2D eigenvalue weighted by molar-refractivity contribution is -0.138. The highest BCUT2D eigenvalue weighted by Crippen LogP contribution is 2.45. The molecule has 3 aromatic rings. The second-order valence-electron chi connectivity index (χ2n) is 8.32. The molecule has 38 heavy (non-hydrogen) atoms. The molecule has 0 aliphatic carbocycles. The molecule has 0 saturated carbocycles. The molecule has 11 heteroatoms. The van der Waals surface area contributed by atoms with E-state index in [1.165, 1.54) is 65.2 Å². The maximum Gasteiger partial charge on any atom is 0.322 e. The highest BCUT2D eigenvalue weighted by molar-refractivity contribution is 8.01. The Bertz CT molecular complexity index is 1330. The number of hydrogen-bond acceptors (Lipinski definition) is 6. The third-order valence-corrected chi connectivity index (χ3v) is 6.99. The fraction of sp³-hybridized carbons (Fsp3) is 0.185. The van der Waals surface area contributed by atoms with Gasteiger partial charge in [0.2, 0.25) is 5.91 Å². The number of aliphatic carboxylic acids is 1. The molecular formula is C27H22F2N2O6S. The minimum Gasteiger partial charge on any atom is -0.484 e. The number of amides is 2. The summed E-state index contributed by atoms with van der Waals surface area (Å²) in [6.07, 6.45) is 0. The maximum atomic E-state index is 13.5. The van der Waals surface area contributed by atoms with Crippen LogP contribution in [0.25, 0.3) is 0 Å². The number of ether oxygens (including phenoxy) is 1. The Morgan fingerprint density at radius 2 is 1.53 bits per heavy atom. The summed E-state index contributed by atoms with van der Waals surface area (Å²) in [5.41, 5.74) is 1.56. The van der Waals surface area contributed by atoms with Crippen molar-refractivity contribution in [2.45, 2.75) is 11.3 Å². The fourth-order valence-electron chi connectivity index (χ4n) is 3.86. The Labute approximate surface area is 220 Å². The number of halogens is 2. The Morgan fingerprint density at radius 1 is 0.921 bits per heavy atom. The van der Waals surface area contributed by atoms with Crippen molar-refractivity contribution >= 4 is 41.0 Å². The van der Waals surface area contributed by atoms with Crippen LogP contribution in [0.2, 0.25) is 0 Å². The molecule has 2 atom stereocenters. The van der Waals surface area contributed by atoms with Crippen LogP contribution in [-0.2, 0) is 14.4 Å². The minimum absolute atomic E-state index is 0.00243. The van der Waals surface area contributed by atoms with E-state index in [2.05, 4.69) is 5.32 Å². The molecule has 2 N–H and O–H groups in total. The Hall–Kier alpha value is -4.25. The van der Waals surface area contributed by atoms with Crippen molar-refractivity contribution in [3.63, 3.8) is 0 Å². The van der Waals surface area contributed by atoms with Gasteiger partial charge in [-0.05, 0) is 66.2 Å². The molecule has 2 amide bonds. The summed E-state index contributed by atoms with van der Waals surface area (Å²) in [5, 5.41) is 10.2. The number of carbonyl (C=O) groups is 4. The van der Waals surface area contributed by atoms with Crippen LogP contribution in [0.5, 0.6) is 5.75 Å². The number of benzene rings is 3. The SMILES string of the molecule is O=C(O)CNC(=O)COc1ccc([C@@H]2C(SCC(=O)c3ccc(F)cc3)C(=O)N2c2ccc(F)cc2)cc1. The lowest BCUT2D eigenvalue weighted by atomic mass is 9.92. The van der Waals surface area contributed by atoms with Crippen LogP contribution in [-0.4, -0.2) is 52.8 Å². The molecule has 4 rings (SSSR count). The third-order valence-electron chi connectivity index (χ3n) is 5.74. The summed E-state index contributed by atoms with van der Waals surface area (Å²) >= 11 is 1.17. The summed E-state index contributed by atoms with van der Waals surface area (Å²) < 4.78 is 32.1. The van der Waals surface area contributed by atoms with Crippen molar-refractivity contribution in [3.05, 3.63) is 95.6 Å².